The van der Waals surface area contributed by atoms with Gasteiger partial charge in [0.15, 0.2) is 0 Å². The molecular formula is C22H36O5. The van der Waals surface area contributed by atoms with Crippen LogP contribution < -0.4 is 0 Å². The van der Waals surface area contributed by atoms with Gasteiger partial charge in [-0.25, -0.2) is 0 Å². The van der Waals surface area contributed by atoms with Gasteiger partial charge >= 0.3 is 5.97 Å². The van der Waals surface area contributed by atoms with Crippen molar-refractivity contribution in [1.29, 1.82) is 0 Å². The average Bonchev–Trinajstić information content (AvgIpc) is 3.36. The van der Waals surface area contributed by atoms with E-state index in [2.05, 4.69) is 34.6 Å². The second-order valence-corrected chi connectivity index (χ2v) is 10.4. The van der Waals surface area contributed by atoms with Gasteiger partial charge in [-0.15, -0.1) is 0 Å². The first-order valence-corrected chi connectivity index (χ1v) is 10.7. The van der Waals surface area contributed by atoms with Crippen molar-refractivity contribution in [2.75, 3.05) is 0 Å². The lowest BCUT2D eigenvalue weighted by atomic mass is 9.79. The highest BCUT2D eigenvalue weighted by atomic mass is 16.6. The summed E-state index contributed by atoms with van der Waals surface area (Å²) in [7, 11) is 0. The van der Waals surface area contributed by atoms with E-state index in [1.807, 2.05) is 0 Å². The van der Waals surface area contributed by atoms with Gasteiger partial charge in [-0.2, -0.15) is 0 Å². The van der Waals surface area contributed by atoms with Crippen molar-refractivity contribution in [1.82, 2.24) is 0 Å². The number of epoxide rings is 2. The number of ether oxygens (including phenoxy) is 4. The van der Waals surface area contributed by atoms with E-state index in [0.717, 1.165) is 44.9 Å². The molecule has 4 fully saturated rings. The standard InChI is InChI=1S/C22H36O5/c1-14(2)22-12-11-21(6,27-22)16(24-15(3)23)7-9-19(4)17(25-19)8-10-20(5)18(13-22)26-20/h14,16-18H,7-13H2,1-6H3/t16-,17-,18+,19-,20?,21-,22+/m1/s1. The van der Waals surface area contributed by atoms with Crippen LogP contribution in [0.15, 0.2) is 0 Å². The van der Waals surface area contributed by atoms with Gasteiger partial charge in [0.25, 0.3) is 0 Å². The van der Waals surface area contributed by atoms with E-state index >= 15 is 0 Å². The predicted molar refractivity (Wildman–Crippen MR) is 101 cm³/mol. The lowest BCUT2D eigenvalue weighted by Crippen LogP contribution is -2.47. The zero-order valence-corrected chi connectivity index (χ0v) is 17.8. The van der Waals surface area contributed by atoms with Gasteiger partial charge in [0.2, 0.25) is 0 Å². The zero-order valence-electron chi connectivity index (χ0n) is 17.8. The van der Waals surface area contributed by atoms with Crippen molar-refractivity contribution >= 4 is 5.97 Å². The molecule has 0 aliphatic carbocycles. The van der Waals surface area contributed by atoms with E-state index in [1.165, 1.54) is 6.92 Å². The summed E-state index contributed by atoms with van der Waals surface area (Å²) in [5.41, 5.74) is -0.791. The Labute approximate surface area is 163 Å². The maximum atomic E-state index is 11.8. The van der Waals surface area contributed by atoms with Gasteiger partial charge in [0, 0.05) is 13.3 Å². The van der Waals surface area contributed by atoms with E-state index in [0.29, 0.717) is 12.0 Å². The van der Waals surface area contributed by atoms with Gasteiger partial charge < -0.3 is 18.9 Å². The molecule has 0 aromatic heterocycles. The Morgan fingerprint density at radius 2 is 1.56 bits per heavy atom. The third kappa shape index (κ3) is 3.44. The van der Waals surface area contributed by atoms with Gasteiger partial charge in [-0.3, -0.25) is 4.79 Å². The Balaban J connectivity index is 1.62. The van der Waals surface area contributed by atoms with Crippen LogP contribution in [0.2, 0.25) is 0 Å². The van der Waals surface area contributed by atoms with Crippen LogP contribution in [0.25, 0.3) is 0 Å². The molecule has 7 atom stereocenters. The summed E-state index contributed by atoms with van der Waals surface area (Å²) >= 11 is 0. The van der Waals surface area contributed by atoms with Crippen molar-refractivity contribution in [2.24, 2.45) is 5.92 Å². The molecule has 1 unspecified atom stereocenters. The third-order valence-electron chi connectivity index (χ3n) is 7.93. The van der Waals surface area contributed by atoms with Crippen LogP contribution in [-0.4, -0.2) is 46.7 Å². The van der Waals surface area contributed by atoms with E-state index < -0.39 is 5.60 Å². The van der Waals surface area contributed by atoms with Crippen LogP contribution in [-0.2, 0) is 23.7 Å². The summed E-state index contributed by atoms with van der Waals surface area (Å²) in [4.78, 5) is 11.8. The molecule has 27 heavy (non-hydrogen) atoms. The minimum atomic E-state index is -0.448. The first-order chi connectivity index (χ1) is 12.5. The minimum Gasteiger partial charge on any atom is -0.459 e. The molecule has 0 aromatic rings. The molecular weight excluding hydrogens is 344 g/mol. The van der Waals surface area contributed by atoms with E-state index in [9.17, 15) is 4.79 Å². The molecule has 0 radical (unpaired) electrons. The highest BCUT2D eigenvalue weighted by Crippen LogP contribution is 2.55. The Morgan fingerprint density at radius 3 is 2.22 bits per heavy atom. The van der Waals surface area contributed by atoms with Gasteiger partial charge in [0.05, 0.1) is 29.0 Å². The predicted octanol–water partition coefficient (Wildman–Crippen LogP) is 4.16. The highest BCUT2D eigenvalue weighted by Gasteiger charge is 2.62. The van der Waals surface area contributed by atoms with Crippen LogP contribution in [0.5, 0.6) is 0 Å². The van der Waals surface area contributed by atoms with Gasteiger partial charge in [-0.05, 0) is 65.2 Å². The van der Waals surface area contributed by atoms with Crippen molar-refractivity contribution < 1.29 is 23.7 Å². The first-order valence-electron chi connectivity index (χ1n) is 10.7. The molecule has 0 N–H and O–H groups in total. The SMILES string of the molecule is CC(=O)O[C@@H]1CC[C@@]2(C)O[C@@H]2CCC2(C)O[C@H]2C[C@]2(C(C)C)CC[C@@]1(C)O2. The van der Waals surface area contributed by atoms with Crippen LogP contribution in [0.1, 0.15) is 86.5 Å². The second-order valence-electron chi connectivity index (χ2n) is 10.4. The number of hydrogen-bond donors (Lipinski definition) is 0. The fourth-order valence-electron chi connectivity index (χ4n) is 5.52. The Kier molecular flexibility index (Phi) is 4.49. The Morgan fingerprint density at radius 1 is 0.926 bits per heavy atom. The summed E-state index contributed by atoms with van der Waals surface area (Å²) in [6, 6.07) is 0. The lowest BCUT2D eigenvalue weighted by molar-refractivity contribution is -0.190. The molecule has 0 spiro atoms. The number of fused-ring (bicyclic) bond motifs is 4. The van der Waals surface area contributed by atoms with Crippen molar-refractivity contribution in [3.63, 3.8) is 0 Å². The van der Waals surface area contributed by atoms with Crippen LogP contribution in [0.3, 0.4) is 0 Å². The molecule has 4 saturated heterocycles. The topological polar surface area (TPSA) is 60.6 Å². The molecule has 5 heteroatoms. The molecule has 2 bridgehead atoms. The minimum absolute atomic E-state index is 0.0412. The Hall–Kier alpha value is -0.650. The average molecular weight is 381 g/mol. The number of carbonyl (C=O) groups is 1. The first kappa shape index (κ1) is 19.7. The monoisotopic (exact) mass is 380 g/mol. The summed E-state index contributed by atoms with van der Waals surface area (Å²) in [6.45, 7) is 12.5. The highest BCUT2D eigenvalue weighted by molar-refractivity contribution is 5.66. The summed E-state index contributed by atoms with van der Waals surface area (Å²) in [5, 5.41) is 0. The largest absolute Gasteiger partial charge is 0.459 e. The van der Waals surface area contributed by atoms with Crippen LogP contribution >= 0.6 is 0 Å². The number of esters is 1. The zero-order chi connectivity index (χ0) is 19.7. The third-order valence-corrected chi connectivity index (χ3v) is 7.93. The maximum absolute atomic E-state index is 11.8. The van der Waals surface area contributed by atoms with Gasteiger partial charge in [-0.1, -0.05) is 13.8 Å². The summed E-state index contributed by atoms with van der Waals surface area (Å²) in [5.74, 6) is 0.165. The number of hydrogen-bond acceptors (Lipinski definition) is 5. The molecule has 4 heterocycles. The molecule has 0 aromatic carbocycles. The van der Waals surface area contributed by atoms with E-state index in [-0.39, 0.29) is 35.0 Å². The molecule has 154 valence electrons. The number of carbonyl (C=O) groups excluding carboxylic acids is 1. The van der Waals surface area contributed by atoms with Crippen LogP contribution in [0.4, 0.5) is 0 Å². The van der Waals surface area contributed by atoms with Gasteiger partial charge in [0.1, 0.15) is 11.7 Å². The molecule has 4 aliphatic rings. The van der Waals surface area contributed by atoms with E-state index in [1.54, 1.807) is 0 Å². The Bertz CT molecular complexity index is 620. The summed E-state index contributed by atoms with van der Waals surface area (Å²) in [6.07, 6.45) is 6.89. The smallest absolute Gasteiger partial charge is 0.303 e. The molecule has 0 amide bonds. The summed E-state index contributed by atoms with van der Waals surface area (Å²) < 4.78 is 24.9. The second kappa shape index (κ2) is 6.17. The maximum Gasteiger partial charge on any atom is 0.303 e. The normalized spacial score (nSPS) is 52.0. The molecule has 0 saturated carbocycles. The fraction of sp³-hybridized carbons (Fsp3) is 0.955. The van der Waals surface area contributed by atoms with Crippen molar-refractivity contribution in [3.8, 4) is 0 Å². The fourth-order valence-corrected chi connectivity index (χ4v) is 5.52. The number of rotatable bonds is 2. The molecule has 4 aliphatic heterocycles. The lowest BCUT2D eigenvalue weighted by Gasteiger charge is -2.39. The molecule has 5 nitrogen and oxygen atoms in total. The van der Waals surface area contributed by atoms with Crippen molar-refractivity contribution in [2.45, 2.75) is 127 Å². The van der Waals surface area contributed by atoms with Crippen molar-refractivity contribution in [3.05, 3.63) is 0 Å². The molecule has 4 rings (SSSR count). The quantitative estimate of drug-likeness (QED) is 0.532. The van der Waals surface area contributed by atoms with E-state index in [4.69, 9.17) is 18.9 Å². The van der Waals surface area contributed by atoms with Crippen LogP contribution in [0, 0.1) is 5.92 Å².